The minimum Gasteiger partial charge on any atom is -0.269 e. The van der Waals surface area contributed by atoms with Gasteiger partial charge in [-0.05, 0) is 42.2 Å². The summed E-state index contributed by atoms with van der Waals surface area (Å²) in [7, 11) is 0. The lowest BCUT2D eigenvalue weighted by Crippen LogP contribution is -2.30. The molecule has 2 aromatic rings. The van der Waals surface area contributed by atoms with Crippen molar-refractivity contribution in [2.24, 2.45) is 0 Å². The molecule has 2 bridgehead atoms. The van der Waals surface area contributed by atoms with E-state index in [1.54, 1.807) is 0 Å². The highest BCUT2D eigenvalue weighted by Crippen LogP contribution is 2.40. The van der Waals surface area contributed by atoms with Crippen LogP contribution in [0.25, 0.3) is 6.08 Å². The monoisotopic (exact) mass is 291 g/mol. The van der Waals surface area contributed by atoms with Crippen molar-refractivity contribution in [3.8, 4) is 0 Å². The zero-order valence-electron chi connectivity index (χ0n) is 13.1. The third-order valence-corrected chi connectivity index (χ3v) is 4.64. The van der Waals surface area contributed by atoms with Crippen LogP contribution >= 0.6 is 0 Å². The first-order chi connectivity index (χ1) is 10.7. The molecule has 2 heterocycles. The van der Waals surface area contributed by atoms with E-state index in [0.717, 1.165) is 12.8 Å². The number of rotatable bonds is 2. The quantitative estimate of drug-likeness (QED) is 0.810. The average molecular weight is 291 g/mol. The van der Waals surface area contributed by atoms with E-state index in [1.165, 1.54) is 27.9 Å². The minimum absolute atomic E-state index is 0.319. The smallest absolute Gasteiger partial charge is 0.0921 e. The van der Waals surface area contributed by atoms with Crippen molar-refractivity contribution in [1.29, 1.82) is 0 Å². The lowest BCUT2D eigenvalue weighted by molar-refractivity contribution is 0.0750. The second-order valence-corrected chi connectivity index (χ2v) is 6.41. The standard InChI is InChI=1S/C20H21NO/c1-14-10-15(2)19-13-18-12-17(21(22-18)20(19)11-14)9-8-16-6-4-3-5-7-16/h3-11,17-18H,12-13H2,1-2H3/b9-8+/t17-,18-/m0/s1. The summed E-state index contributed by atoms with van der Waals surface area (Å²) in [5.41, 5.74) is 6.65. The highest BCUT2D eigenvalue weighted by atomic mass is 16.7. The minimum atomic E-state index is 0.319. The normalized spacial score (nSPS) is 23.1. The van der Waals surface area contributed by atoms with Crippen LogP contribution in [-0.4, -0.2) is 12.1 Å². The number of aryl methyl sites for hydroxylation is 2. The lowest BCUT2D eigenvalue weighted by Gasteiger charge is -2.30. The van der Waals surface area contributed by atoms with Crippen molar-refractivity contribution < 1.29 is 4.84 Å². The second-order valence-electron chi connectivity index (χ2n) is 6.41. The van der Waals surface area contributed by atoms with Crippen LogP contribution in [0.2, 0.25) is 0 Å². The molecule has 0 aromatic heterocycles. The first-order valence-electron chi connectivity index (χ1n) is 8.00. The predicted molar refractivity (Wildman–Crippen MR) is 90.9 cm³/mol. The Balaban J connectivity index is 1.66. The van der Waals surface area contributed by atoms with Crippen molar-refractivity contribution in [3.05, 3.63) is 70.8 Å². The van der Waals surface area contributed by atoms with Gasteiger partial charge in [0, 0.05) is 12.8 Å². The number of hydroxylamine groups is 1. The summed E-state index contributed by atoms with van der Waals surface area (Å²) in [5.74, 6) is 0. The Morgan fingerprint density at radius 2 is 1.95 bits per heavy atom. The Kier molecular flexibility index (Phi) is 3.27. The molecule has 22 heavy (non-hydrogen) atoms. The zero-order chi connectivity index (χ0) is 15.1. The fourth-order valence-corrected chi connectivity index (χ4v) is 3.61. The molecule has 2 atom stereocenters. The molecule has 2 aromatic carbocycles. The van der Waals surface area contributed by atoms with E-state index >= 15 is 0 Å². The second kappa shape index (κ2) is 5.29. The van der Waals surface area contributed by atoms with Gasteiger partial charge in [-0.2, -0.15) is 0 Å². The molecular formula is C20H21NO. The van der Waals surface area contributed by atoms with E-state index < -0.39 is 0 Å². The van der Waals surface area contributed by atoms with E-state index in [1.807, 2.05) is 6.07 Å². The van der Waals surface area contributed by atoms with Crippen molar-refractivity contribution in [3.63, 3.8) is 0 Å². The Hall–Kier alpha value is -2.06. The molecule has 2 heteroatoms. The zero-order valence-corrected chi connectivity index (χ0v) is 13.1. The summed E-state index contributed by atoms with van der Waals surface area (Å²) >= 11 is 0. The van der Waals surface area contributed by atoms with Gasteiger partial charge < -0.3 is 0 Å². The third-order valence-electron chi connectivity index (χ3n) is 4.64. The SMILES string of the molecule is Cc1cc(C)c2c(c1)N1O[C@H](C2)C[C@@H]1/C=C/c1ccccc1. The summed E-state index contributed by atoms with van der Waals surface area (Å²) in [5, 5.41) is 2.13. The van der Waals surface area contributed by atoms with Crippen LogP contribution in [0.3, 0.4) is 0 Å². The number of benzene rings is 2. The summed E-state index contributed by atoms with van der Waals surface area (Å²) in [6, 6.07) is 15.3. The molecule has 2 aliphatic heterocycles. The van der Waals surface area contributed by atoms with E-state index in [2.05, 4.69) is 67.5 Å². The molecule has 4 rings (SSSR count). The van der Waals surface area contributed by atoms with Crippen molar-refractivity contribution in [1.82, 2.24) is 0 Å². The Morgan fingerprint density at radius 3 is 2.77 bits per heavy atom. The van der Waals surface area contributed by atoms with Gasteiger partial charge in [0.15, 0.2) is 0 Å². The summed E-state index contributed by atoms with van der Waals surface area (Å²) in [4.78, 5) is 6.12. The number of fused-ring (bicyclic) bond motifs is 4. The molecule has 0 amide bonds. The number of hydrogen-bond acceptors (Lipinski definition) is 2. The van der Waals surface area contributed by atoms with Gasteiger partial charge in [0.25, 0.3) is 0 Å². The maximum absolute atomic E-state index is 6.12. The molecule has 0 spiro atoms. The van der Waals surface area contributed by atoms with E-state index in [4.69, 9.17) is 4.84 Å². The van der Waals surface area contributed by atoms with E-state index in [9.17, 15) is 0 Å². The van der Waals surface area contributed by atoms with Gasteiger partial charge in [0.2, 0.25) is 0 Å². The fourth-order valence-electron chi connectivity index (χ4n) is 3.61. The highest BCUT2D eigenvalue weighted by molar-refractivity contribution is 5.62. The molecular weight excluding hydrogens is 270 g/mol. The van der Waals surface area contributed by atoms with E-state index in [0.29, 0.717) is 12.1 Å². The molecule has 2 aliphatic rings. The Bertz CT molecular complexity index is 720. The van der Waals surface area contributed by atoms with Gasteiger partial charge in [-0.1, -0.05) is 48.6 Å². The Morgan fingerprint density at radius 1 is 1.14 bits per heavy atom. The van der Waals surface area contributed by atoms with Crippen molar-refractivity contribution in [2.45, 2.75) is 38.8 Å². The van der Waals surface area contributed by atoms with Gasteiger partial charge in [0.05, 0.1) is 17.8 Å². The number of anilines is 1. The maximum Gasteiger partial charge on any atom is 0.0921 e. The van der Waals surface area contributed by atoms with Crippen LogP contribution in [0.1, 0.15) is 28.7 Å². The number of nitrogens with zero attached hydrogens (tertiary/aromatic N) is 1. The topological polar surface area (TPSA) is 12.5 Å². The third kappa shape index (κ3) is 2.34. The first kappa shape index (κ1) is 13.6. The molecule has 112 valence electrons. The van der Waals surface area contributed by atoms with Crippen molar-refractivity contribution in [2.75, 3.05) is 5.06 Å². The van der Waals surface area contributed by atoms with Crippen molar-refractivity contribution >= 4 is 11.8 Å². The Labute approximate surface area is 132 Å². The summed E-state index contributed by atoms with van der Waals surface area (Å²) in [6.45, 7) is 4.37. The van der Waals surface area contributed by atoms with Crippen LogP contribution in [0.4, 0.5) is 5.69 Å². The molecule has 0 saturated carbocycles. The molecule has 0 unspecified atom stereocenters. The van der Waals surface area contributed by atoms with Gasteiger partial charge in [-0.25, -0.2) is 5.06 Å². The molecule has 2 nitrogen and oxygen atoms in total. The molecule has 1 saturated heterocycles. The van der Waals surface area contributed by atoms with Crippen LogP contribution in [0, 0.1) is 13.8 Å². The van der Waals surface area contributed by atoms with Crippen LogP contribution in [0.15, 0.2) is 48.5 Å². The van der Waals surface area contributed by atoms with Crippen LogP contribution in [0.5, 0.6) is 0 Å². The lowest BCUT2D eigenvalue weighted by atomic mass is 9.97. The molecule has 1 fully saturated rings. The molecule has 0 aliphatic carbocycles. The summed E-state index contributed by atoms with van der Waals surface area (Å²) in [6.07, 6.45) is 6.91. The maximum atomic E-state index is 6.12. The largest absolute Gasteiger partial charge is 0.269 e. The van der Waals surface area contributed by atoms with Crippen LogP contribution < -0.4 is 5.06 Å². The van der Waals surface area contributed by atoms with Gasteiger partial charge in [-0.15, -0.1) is 0 Å². The van der Waals surface area contributed by atoms with Gasteiger partial charge in [0.1, 0.15) is 0 Å². The fraction of sp³-hybridized carbons (Fsp3) is 0.300. The highest BCUT2D eigenvalue weighted by Gasteiger charge is 2.38. The predicted octanol–water partition coefficient (Wildman–Crippen LogP) is 4.45. The van der Waals surface area contributed by atoms with Gasteiger partial charge >= 0.3 is 0 Å². The van der Waals surface area contributed by atoms with Crippen LogP contribution in [-0.2, 0) is 11.3 Å². The average Bonchev–Trinajstić information content (AvgIpc) is 2.85. The van der Waals surface area contributed by atoms with E-state index in [-0.39, 0.29) is 0 Å². The number of hydrogen-bond donors (Lipinski definition) is 0. The first-order valence-corrected chi connectivity index (χ1v) is 8.00. The molecule has 0 radical (unpaired) electrons. The summed E-state index contributed by atoms with van der Waals surface area (Å²) < 4.78 is 0. The molecule has 0 N–H and O–H groups in total. The van der Waals surface area contributed by atoms with Gasteiger partial charge in [-0.3, -0.25) is 4.84 Å².